The Morgan fingerprint density at radius 3 is 2.62 bits per heavy atom. The van der Waals surface area contributed by atoms with E-state index in [2.05, 4.69) is 14.9 Å². The van der Waals surface area contributed by atoms with Crippen LogP contribution in [0.1, 0.15) is 25.5 Å². The number of hydrogen-bond donors (Lipinski definition) is 0. The van der Waals surface area contributed by atoms with Crippen molar-refractivity contribution in [1.29, 1.82) is 0 Å². The lowest BCUT2D eigenvalue weighted by Crippen LogP contribution is -1.84. The third-order valence-electron chi connectivity index (χ3n) is 0.970. The van der Waals surface area contributed by atoms with Gasteiger partial charge in [0.1, 0.15) is 5.69 Å². The molecule has 0 aromatic carbocycles. The Hall–Kier alpha value is -0.860. The van der Waals surface area contributed by atoms with Crippen LogP contribution in [0.3, 0.4) is 0 Å². The first-order valence-electron chi connectivity index (χ1n) is 2.58. The second kappa shape index (κ2) is 1.94. The Labute approximate surface area is 47.7 Å². The highest BCUT2D eigenvalue weighted by Crippen LogP contribution is 2.07. The van der Waals surface area contributed by atoms with E-state index < -0.39 is 0 Å². The van der Waals surface area contributed by atoms with Gasteiger partial charge in [-0.1, -0.05) is 24.2 Å². The molecule has 0 atom stereocenters. The molecule has 0 aliphatic carbocycles. The molecule has 44 valence electrons. The van der Waals surface area contributed by atoms with Gasteiger partial charge in [0.05, 0.1) is 6.20 Å². The summed E-state index contributed by atoms with van der Waals surface area (Å²) < 4.78 is 4.38. The van der Waals surface area contributed by atoms with Crippen molar-refractivity contribution in [2.45, 2.75) is 19.8 Å². The zero-order valence-electron chi connectivity index (χ0n) is 4.96. The molecule has 0 amide bonds. The minimum Gasteiger partial charge on any atom is -0.244 e. The van der Waals surface area contributed by atoms with Crippen LogP contribution in [0.5, 0.6) is 0 Å². The van der Waals surface area contributed by atoms with Crippen molar-refractivity contribution >= 4 is 0 Å². The van der Waals surface area contributed by atoms with Crippen molar-refractivity contribution in [2.24, 2.45) is 0 Å². The largest absolute Gasteiger partial charge is 0.244 e. The molecule has 0 saturated carbocycles. The summed E-state index contributed by atoms with van der Waals surface area (Å²) in [5.41, 5.74) is 0.907. The molecular formula is C5H8N2O. The van der Waals surface area contributed by atoms with Crippen LogP contribution in [0.2, 0.25) is 0 Å². The Balaban J connectivity index is 2.77. The van der Waals surface area contributed by atoms with Crippen LogP contribution < -0.4 is 0 Å². The summed E-state index contributed by atoms with van der Waals surface area (Å²) in [6.45, 7) is 4.08. The number of aromatic nitrogens is 2. The fourth-order valence-electron chi connectivity index (χ4n) is 0.426. The number of hydrogen-bond acceptors (Lipinski definition) is 3. The third-order valence-corrected chi connectivity index (χ3v) is 0.970. The summed E-state index contributed by atoms with van der Waals surface area (Å²) in [6.07, 6.45) is 1.63. The predicted molar refractivity (Wildman–Crippen MR) is 28.4 cm³/mol. The Morgan fingerprint density at radius 2 is 2.38 bits per heavy atom. The smallest absolute Gasteiger partial charge is 0.107 e. The summed E-state index contributed by atoms with van der Waals surface area (Å²) in [4.78, 5) is 0. The highest BCUT2D eigenvalue weighted by molar-refractivity contribution is 4.94. The average molecular weight is 112 g/mol. The van der Waals surface area contributed by atoms with E-state index in [1.807, 2.05) is 13.8 Å². The van der Waals surface area contributed by atoms with E-state index in [-0.39, 0.29) is 0 Å². The molecule has 1 rings (SSSR count). The maximum Gasteiger partial charge on any atom is 0.107 e. The fourth-order valence-corrected chi connectivity index (χ4v) is 0.426. The standard InChI is InChI=1S/C5H8N2O/c1-4(2)5-3-6-8-7-5/h3-4H,1-2H3. The van der Waals surface area contributed by atoms with Crippen molar-refractivity contribution < 1.29 is 4.63 Å². The summed E-state index contributed by atoms with van der Waals surface area (Å²) in [5.74, 6) is 0.418. The first-order valence-corrected chi connectivity index (χ1v) is 2.58. The van der Waals surface area contributed by atoms with Gasteiger partial charge in [-0.3, -0.25) is 0 Å². The monoisotopic (exact) mass is 112 g/mol. The van der Waals surface area contributed by atoms with Crippen LogP contribution >= 0.6 is 0 Å². The minimum absolute atomic E-state index is 0.418. The number of rotatable bonds is 1. The van der Waals surface area contributed by atoms with Gasteiger partial charge >= 0.3 is 0 Å². The molecule has 0 aliphatic heterocycles. The van der Waals surface area contributed by atoms with E-state index in [1.165, 1.54) is 0 Å². The van der Waals surface area contributed by atoms with E-state index in [1.54, 1.807) is 6.20 Å². The zero-order valence-corrected chi connectivity index (χ0v) is 4.96. The summed E-state index contributed by atoms with van der Waals surface area (Å²) >= 11 is 0. The van der Waals surface area contributed by atoms with Crippen LogP contribution in [0, 0.1) is 0 Å². The maximum absolute atomic E-state index is 4.38. The molecule has 0 N–H and O–H groups in total. The first kappa shape index (κ1) is 5.28. The van der Waals surface area contributed by atoms with Crippen molar-refractivity contribution in [1.82, 2.24) is 10.3 Å². The lowest BCUT2D eigenvalue weighted by Gasteiger charge is -1.91. The van der Waals surface area contributed by atoms with Crippen LogP contribution in [-0.2, 0) is 0 Å². The summed E-state index contributed by atoms with van der Waals surface area (Å²) in [7, 11) is 0. The van der Waals surface area contributed by atoms with Crippen molar-refractivity contribution in [3.63, 3.8) is 0 Å². The molecule has 0 aliphatic rings. The lowest BCUT2D eigenvalue weighted by atomic mass is 10.2. The average Bonchev–Trinajstić information content (AvgIpc) is 2.12. The van der Waals surface area contributed by atoms with Crippen molar-refractivity contribution in [3.05, 3.63) is 11.9 Å². The minimum atomic E-state index is 0.418. The molecule has 1 aromatic heterocycles. The Bertz CT molecular complexity index is 145. The summed E-state index contributed by atoms with van der Waals surface area (Å²) in [6, 6.07) is 0. The molecule has 0 radical (unpaired) electrons. The molecule has 3 nitrogen and oxygen atoms in total. The van der Waals surface area contributed by atoms with Gasteiger partial charge in [-0.05, 0) is 0 Å². The molecule has 0 saturated heterocycles. The molecule has 0 bridgehead atoms. The van der Waals surface area contributed by atoms with Gasteiger partial charge in [-0.2, -0.15) is 0 Å². The molecule has 1 heterocycles. The highest BCUT2D eigenvalue weighted by atomic mass is 16.6. The molecule has 3 heteroatoms. The van der Waals surface area contributed by atoms with Crippen LogP contribution in [-0.4, -0.2) is 10.3 Å². The maximum atomic E-state index is 4.38. The van der Waals surface area contributed by atoms with E-state index in [0.29, 0.717) is 5.92 Å². The number of nitrogens with zero attached hydrogens (tertiary/aromatic N) is 2. The molecule has 8 heavy (non-hydrogen) atoms. The van der Waals surface area contributed by atoms with Gasteiger partial charge in [0.2, 0.25) is 0 Å². The van der Waals surface area contributed by atoms with Crippen molar-refractivity contribution in [3.8, 4) is 0 Å². The lowest BCUT2D eigenvalue weighted by molar-refractivity contribution is 0.302. The van der Waals surface area contributed by atoms with Gasteiger partial charge < -0.3 is 0 Å². The SMILES string of the molecule is CC(C)c1cnon1. The van der Waals surface area contributed by atoms with Crippen LogP contribution in [0.4, 0.5) is 0 Å². The normalized spacial score (nSPS) is 10.4. The van der Waals surface area contributed by atoms with E-state index in [0.717, 1.165) is 5.69 Å². The Kier molecular flexibility index (Phi) is 1.28. The van der Waals surface area contributed by atoms with Gasteiger partial charge in [-0.15, -0.1) is 0 Å². The third kappa shape index (κ3) is 0.857. The molecule has 0 unspecified atom stereocenters. The quantitative estimate of drug-likeness (QED) is 0.547. The highest BCUT2D eigenvalue weighted by Gasteiger charge is 2.00. The molecular weight excluding hydrogens is 104 g/mol. The first-order chi connectivity index (χ1) is 3.80. The van der Waals surface area contributed by atoms with Gasteiger partial charge in [0.15, 0.2) is 0 Å². The summed E-state index contributed by atoms with van der Waals surface area (Å²) in [5, 5.41) is 7.09. The van der Waals surface area contributed by atoms with Crippen molar-refractivity contribution in [2.75, 3.05) is 0 Å². The second-order valence-corrected chi connectivity index (χ2v) is 1.99. The molecule has 0 spiro atoms. The van der Waals surface area contributed by atoms with Gasteiger partial charge in [-0.25, -0.2) is 4.63 Å². The van der Waals surface area contributed by atoms with E-state index in [4.69, 9.17) is 0 Å². The molecule has 0 fully saturated rings. The van der Waals surface area contributed by atoms with E-state index >= 15 is 0 Å². The van der Waals surface area contributed by atoms with Crippen LogP contribution in [0.15, 0.2) is 10.8 Å². The van der Waals surface area contributed by atoms with E-state index in [9.17, 15) is 0 Å². The zero-order chi connectivity index (χ0) is 5.98. The predicted octanol–water partition coefficient (Wildman–Crippen LogP) is 1.19. The van der Waals surface area contributed by atoms with Crippen LogP contribution in [0.25, 0.3) is 0 Å². The van der Waals surface area contributed by atoms with Gasteiger partial charge in [0.25, 0.3) is 0 Å². The second-order valence-electron chi connectivity index (χ2n) is 1.99. The molecule has 1 aromatic rings. The van der Waals surface area contributed by atoms with Gasteiger partial charge in [0, 0.05) is 5.92 Å². The Morgan fingerprint density at radius 1 is 1.62 bits per heavy atom. The fraction of sp³-hybridized carbons (Fsp3) is 0.600. The topological polar surface area (TPSA) is 38.9 Å².